The van der Waals surface area contributed by atoms with Crippen molar-refractivity contribution in [2.24, 2.45) is 4.99 Å². The SMILES string of the molecule is CCNC(=NCC(C)(C)c1cccs1)NC1CCN(c2cccs2)CC1. The molecule has 0 unspecified atom stereocenters. The maximum Gasteiger partial charge on any atom is 0.191 e. The molecule has 1 fully saturated rings. The van der Waals surface area contributed by atoms with Crippen LogP contribution in [0.3, 0.4) is 0 Å². The van der Waals surface area contributed by atoms with Crippen LogP contribution in [0.4, 0.5) is 5.00 Å². The first-order valence-corrected chi connectivity index (χ1v) is 11.2. The van der Waals surface area contributed by atoms with Crippen molar-refractivity contribution < 1.29 is 0 Å². The number of guanidine groups is 1. The molecule has 6 heteroatoms. The zero-order chi connectivity index (χ0) is 18.4. The van der Waals surface area contributed by atoms with Gasteiger partial charge >= 0.3 is 0 Å². The van der Waals surface area contributed by atoms with Gasteiger partial charge in [-0.25, -0.2) is 0 Å². The molecule has 0 saturated carbocycles. The van der Waals surface area contributed by atoms with Gasteiger partial charge in [0.2, 0.25) is 0 Å². The molecule has 0 spiro atoms. The Morgan fingerprint density at radius 1 is 1.19 bits per heavy atom. The monoisotopic (exact) mass is 390 g/mol. The van der Waals surface area contributed by atoms with Gasteiger partial charge in [-0.1, -0.05) is 19.9 Å². The summed E-state index contributed by atoms with van der Waals surface area (Å²) in [6.45, 7) is 10.6. The van der Waals surface area contributed by atoms with Crippen molar-refractivity contribution in [2.75, 3.05) is 31.1 Å². The van der Waals surface area contributed by atoms with E-state index >= 15 is 0 Å². The number of aliphatic imine (C=N–C) groups is 1. The quantitative estimate of drug-likeness (QED) is 0.570. The smallest absolute Gasteiger partial charge is 0.191 e. The minimum absolute atomic E-state index is 0.0685. The molecular formula is C20H30N4S2. The van der Waals surface area contributed by atoms with Gasteiger partial charge in [0, 0.05) is 36.0 Å². The second-order valence-electron chi connectivity index (χ2n) is 7.41. The Labute approximate surface area is 165 Å². The van der Waals surface area contributed by atoms with E-state index in [2.05, 4.69) is 71.3 Å². The van der Waals surface area contributed by atoms with E-state index in [0.29, 0.717) is 6.04 Å². The van der Waals surface area contributed by atoms with Gasteiger partial charge in [0.1, 0.15) is 0 Å². The Hall–Kier alpha value is -1.53. The van der Waals surface area contributed by atoms with Crippen LogP contribution in [0.25, 0.3) is 0 Å². The molecule has 0 radical (unpaired) electrons. The van der Waals surface area contributed by atoms with Crippen molar-refractivity contribution in [3.63, 3.8) is 0 Å². The molecule has 26 heavy (non-hydrogen) atoms. The Balaban J connectivity index is 1.55. The molecule has 2 aromatic heterocycles. The summed E-state index contributed by atoms with van der Waals surface area (Å²) in [4.78, 5) is 8.78. The molecule has 2 N–H and O–H groups in total. The molecule has 0 bridgehead atoms. The molecule has 0 aromatic carbocycles. The summed E-state index contributed by atoms with van der Waals surface area (Å²) in [6.07, 6.45) is 2.30. The first kappa shape index (κ1) is 19.2. The van der Waals surface area contributed by atoms with E-state index in [4.69, 9.17) is 4.99 Å². The first-order valence-electron chi connectivity index (χ1n) is 9.46. The van der Waals surface area contributed by atoms with Crippen molar-refractivity contribution in [2.45, 2.75) is 45.1 Å². The summed E-state index contributed by atoms with van der Waals surface area (Å²) in [6, 6.07) is 9.18. The molecule has 0 amide bonds. The average molecular weight is 391 g/mol. The van der Waals surface area contributed by atoms with E-state index in [1.54, 1.807) is 0 Å². The molecule has 0 atom stereocenters. The Morgan fingerprint density at radius 3 is 2.54 bits per heavy atom. The Morgan fingerprint density at radius 2 is 1.92 bits per heavy atom. The number of piperidine rings is 1. The van der Waals surface area contributed by atoms with Crippen LogP contribution in [0.1, 0.15) is 38.5 Å². The fraction of sp³-hybridized carbons (Fsp3) is 0.550. The van der Waals surface area contributed by atoms with E-state index in [-0.39, 0.29) is 5.41 Å². The predicted octanol–water partition coefficient (Wildman–Crippen LogP) is 4.31. The molecule has 1 aliphatic heterocycles. The summed E-state index contributed by atoms with van der Waals surface area (Å²) < 4.78 is 0. The van der Waals surface area contributed by atoms with Crippen LogP contribution in [-0.4, -0.2) is 38.2 Å². The second-order valence-corrected chi connectivity index (χ2v) is 9.29. The van der Waals surface area contributed by atoms with Crippen LogP contribution in [0.5, 0.6) is 0 Å². The zero-order valence-corrected chi connectivity index (χ0v) is 17.6. The highest BCUT2D eigenvalue weighted by atomic mass is 32.1. The molecule has 0 aliphatic carbocycles. The van der Waals surface area contributed by atoms with Crippen LogP contribution < -0.4 is 15.5 Å². The van der Waals surface area contributed by atoms with E-state index in [9.17, 15) is 0 Å². The summed E-state index contributed by atoms with van der Waals surface area (Å²) in [5.74, 6) is 0.951. The van der Waals surface area contributed by atoms with Gasteiger partial charge in [0.15, 0.2) is 5.96 Å². The van der Waals surface area contributed by atoms with Gasteiger partial charge < -0.3 is 15.5 Å². The molecule has 3 rings (SSSR count). The highest BCUT2D eigenvalue weighted by Crippen LogP contribution is 2.28. The zero-order valence-electron chi connectivity index (χ0n) is 16.0. The first-order chi connectivity index (χ1) is 12.6. The molecule has 142 valence electrons. The van der Waals surface area contributed by atoms with Crippen molar-refractivity contribution >= 4 is 33.6 Å². The summed E-state index contributed by atoms with van der Waals surface area (Å²) >= 11 is 3.65. The number of hydrogen-bond acceptors (Lipinski definition) is 4. The lowest BCUT2D eigenvalue weighted by Gasteiger charge is -2.33. The minimum Gasteiger partial charge on any atom is -0.363 e. The van der Waals surface area contributed by atoms with Crippen LogP contribution in [-0.2, 0) is 5.41 Å². The highest BCUT2D eigenvalue weighted by molar-refractivity contribution is 7.14. The lowest BCUT2D eigenvalue weighted by molar-refractivity contribution is 0.461. The van der Waals surface area contributed by atoms with E-state index in [1.165, 1.54) is 9.88 Å². The molecule has 1 aliphatic rings. The van der Waals surface area contributed by atoms with E-state index < -0.39 is 0 Å². The molecule has 2 aromatic rings. The van der Waals surface area contributed by atoms with Crippen molar-refractivity contribution in [1.29, 1.82) is 0 Å². The third kappa shape index (κ3) is 5.01. The molecule has 4 nitrogen and oxygen atoms in total. The predicted molar refractivity (Wildman–Crippen MR) is 116 cm³/mol. The number of nitrogens with one attached hydrogen (secondary N) is 2. The van der Waals surface area contributed by atoms with Crippen LogP contribution in [0.2, 0.25) is 0 Å². The maximum absolute atomic E-state index is 4.89. The Kier molecular flexibility index (Phi) is 6.59. The van der Waals surface area contributed by atoms with Gasteiger partial charge in [0.05, 0.1) is 11.5 Å². The van der Waals surface area contributed by atoms with Crippen LogP contribution in [0.15, 0.2) is 40.0 Å². The Bertz CT molecular complexity index is 669. The number of thiophene rings is 2. The van der Waals surface area contributed by atoms with Gasteiger partial charge in [-0.2, -0.15) is 0 Å². The van der Waals surface area contributed by atoms with Crippen molar-refractivity contribution in [3.05, 3.63) is 39.9 Å². The highest BCUT2D eigenvalue weighted by Gasteiger charge is 2.23. The van der Waals surface area contributed by atoms with Crippen LogP contribution in [0, 0.1) is 0 Å². The third-order valence-electron chi connectivity index (χ3n) is 4.82. The summed E-state index contributed by atoms with van der Waals surface area (Å²) in [5.41, 5.74) is 0.0685. The van der Waals surface area contributed by atoms with Gasteiger partial charge in [-0.15, -0.1) is 22.7 Å². The fourth-order valence-electron chi connectivity index (χ4n) is 3.23. The lowest BCUT2D eigenvalue weighted by atomic mass is 9.92. The minimum atomic E-state index is 0.0685. The number of anilines is 1. The van der Waals surface area contributed by atoms with Gasteiger partial charge in [0.25, 0.3) is 0 Å². The van der Waals surface area contributed by atoms with E-state index in [1.807, 2.05) is 22.7 Å². The number of hydrogen-bond donors (Lipinski definition) is 2. The van der Waals surface area contributed by atoms with E-state index in [0.717, 1.165) is 45.0 Å². The second kappa shape index (κ2) is 8.91. The molecule has 3 heterocycles. The third-order valence-corrected chi connectivity index (χ3v) is 6.98. The largest absolute Gasteiger partial charge is 0.363 e. The number of nitrogens with zero attached hydrogens (tertiary/aromatic N) is 2. The van der Waals surface area contributed by atoms with Gasteiger partial charge in [-0.05, 0) is 48.7 Å². The summed E-state index contributed by atoms with van der Waals surface area (Å²) in [7, 11) is 0. The van der Waals surface area contributed by atoms with Crippen molar-refractivity contribution in [3.8, 4) is 0 Å². The fourth-order valence-corrected chi connectivity index (χ4v) is 4.86. The molecule has 1 saturated heterocycles. The maximum atomic E-state index is 4.89. The van der Waals surface area contributed by atoms with Crippen molar-refractivity contribution in [1.82, 2.24) is 10.6 Å². The normalized spacial score (nSPS) is 16.7. The van der Waals surface area contributed by atoms with Crippen LogP contribution >= 0.6 is 22.7 Å². The lowest BCUT2D eigenvalue weighted by Crippen LogP contribution is -2.49. The van der Waals surface area contributed by atoms with Gasteiger partial charge in [-0.3, -0.25) is 4.99 Å². The topological polar surface area (TPSA) is 39.7 Å². The standard InChI is InChI=1S/C20H30N4S2/c1-4-21-19(22-15-20(2,3)17-7-5-13-25-17)23-16-9-11-24(12-10-16)18-8-6-14-26-18/h5-8,13-14,16H,4,9-12,15H2,1-3H3,(H2,21,22,23). The summed E-state index contributed by atoms with van der Waals surface area (Å²) in [5, 5.41) is 12.8. The average Bonchev–Trinajstić information content (AvgIpc) is 3.34. The number of rotatable bonds is 6. The molecular weight excluding hydrogens is 360 g/mol.